The first-order valence-electron chi connectivity index (χ1n) is 12.2. The number of amides is 2. The van der Waals surface area contributed by atoms with Gasteiger partial charge in [-0.2, -0.15) is 26.3 Å². The van der Waals surface area contributed by atoms with E-state index in [-0.39, 0.29) is 29.8 Å². The third-order valence-corrected chi connectivity index (χ3v) is 6.19. The van der Waals surface area contributed by atoms with E-state index in [4.69, 9.17) is 9.47 Å². The number of nitrogens with zero attached hydrogens (tertiary/aromatic N) is 2. The second-order valence-corrected chi connectivity index (χ2v) is 9.82. The lowest BCUT2D eigenvalue weighted by Crippen LogP contribution is -2.36. The summed E-state index contributed by atoms with van der Waals surface area (Å²) >= 11 is 0. The fourth-order valence-corrected chi connectivity index (χ4v) is 4.38. The Kier molecular flexibility index (Phi) is 9.17. The van der Waals surface area contributed by atoms with Crippen molar-refractivity contribution < 1.29 is 63.3 Å². The molecule has 2 aromatic rings. The summed E-state index contributed by atoms with van der Waals surface area (Å²) in [5, 5.41) is 0. The predicted molar refractivity (Wildman–Crippen MR) is 128 cm³/mol. The Labute approximate surface area is 233 Å². The molecule has 1 aliphatic rings. The average molecular weight is 616 g/mol. The Morgan fingerprint density at radius 2 is 1.55 bits per heavy atom. The van der Waals surface area contributed by atoms with Crippen LogP contribution in [0.3, 0.4) is 0 Å². The zero-order chi connectivity index (χ0) is 31.8. The van der Waals surface area contributed by atoms with Crippen molar-refractivity contribution in [3.63, 3.8) is 0 Å². The smallest absolute Gasteiger partial charge is 0.452 e. The average Bonchev–Trinajstić information content (AvgIpc) is 3.13. The van der Waals surface area contributed by atoms with Gasteiger partial charge in [-0.1, -0.05) is 13.8 Å². The number of carbonyl (C=O) groups is 2. The van der Waals surface area contributed by atoms with Crippen LogP contribution in [0.1, 0.15) is 49.1 Å². The Morgan fingerprint density at radius 3 is 2.02 bits per heavy atom. The summed E-state index contributed by atoms with van der Waals surface area (Å²) in [5.74, 6) is -0.869. The van der Waals surface area contributed by atoms with Crippen molar-refractivity contribution in [2.75, 3.05) is 18.6 Å². The number of carbonyl (C=O) groups excluding carboxylic acids is 2. The first-order chi connectivity index (χ1) is 19.2. The zero-order valence-electron chi connectivity index (χ0n) is 22.4. The Morgan fingerprint density at radius 1 is 0.976 bits per heavy atom. The molecule has 42 heavy (non-hydrogen) atoms. The Bertz CT molecular complexity index is 1280. The maximum Gasteiger partial charge on any atom is 0.573 e. The van der Waals surface area contributed by atoms with Crippen LogP contribution in [-0.4, -0.2) is 43.1 Å². The molecule has 16 heteroatoms. The molecule has 0 unspecified atom stereocenters. The van der Waals surface area contributed by atoms with E-state index < -0.39 is 72.0 Å². The summed E-state index contributed by atoms with van der Waals surface area (Å²) in [6, 6.07) is 2.55. The number of hydrogen-bond donors (Lipinski definition) is 0. The fourth-order valence-electron chi connectivity index (χ4n) is 4.38. The summed E-state index contributed by atoms with van der Waals surface area (Å²) in [7, 11) is 1.07. The lowest BCUT2D eigenvalue weighted by molar-refractivity contribution is -0.274. The molecule has 0 aliphatic carbocycles. The van der Waals surface area contributed by atoms with Crippen molar-refractivity contribution in [1.82, 2.24) is 4.90 Å². The molecule has 0 saturated carbocycles. The number of cyclic esters (lactones) is 1. The number of anilines is 1. The highest BCUT2D eigenvalue weighted by atomic mass is 19.4. The van der Waals surface area contributed by atoms with Gasteiger partial charge in [0.05, 0.1) is 36.5 Å². The van der Waals surface area contributed by atoms with Gasteiger partial charge in [0.15, 0.2) is 0 Å². The van der Waals surface area contributed by atoms with Gasteiger partial charge in [-0.05, 0) is 60.4 Å². The molecule has 1 saturated heterocycles. The fraction of sp³-hybridized carbons (Fsp3) is 0.462. The van der Waals surface area contributed by atoms with Crippen molar-refractivity contribution in [1.29, 1.82) is 0 Å². The van der Waals surface area contributed by atoms with E-state index >= 15 is 0 Å². The minimum Gasteiger partial charge on any atom is -0.452 e. The van der Waals surface area contributed by atoms with Crippen LogP contribution < -0.4 is 9.64 Å². The molecule has 1 aliphatic heterocycles. The van der Waals surface area contributed by atoms with Crippen LogP contribution in [0.2, 0.25) is 0 Å². The standard InChI is InChI=1S/C26H25F9N2O5/c1-13(2)11-37(22(38)40-4)20-6-5-19(42-26(33,34)35)9-16(20)12-36-14(3)21(41-23(36)39)15-7-17(24(27,28)29)10-18(8-15)25(30,31)32/h5-10,13-14,21H,11-12H2,1-4H3/t14-,21-/m0/s1. The third kappa shape index (κ3) is 7.70. The van der Waals surface area contributed by atoms with Gasteiger partial charge < -0.3 is 14.2 Å². The quantitative estimate of drug-likeness (QED) is 0.296. The van der Waals surface area contributed by atoms with Crippen LogP contribution in [0.4, 0.5) is 54.8 Å². The second-order valence-electron chi connectivity index (χ2n) is 9.82. The summed E-state index contributed by atoms with van der Waals surface area (Å²) in [5.41, 5.74) is -3.88. The molecule has 0 radical (unpaired) electrons. The predicted octanol–water partition coefficient (Wildman–Crippen LogP) is 7.93. The highest BCUT2D eigenvalue weighted by Gasteiger charge is 2.44. The van der Waals surface area contributed by atoms with Crippen LogP contribution in [0, 0.1) is 5.92 Å². The van der Waals surface area contributed by atoms with Crippen molar-refractivity contribution in [3.8, 4) is 5.75 Å². The van der Waals surface area contributed by atoms with Gasteiger partial charge >= 0.3 is 30.9 Å². The van der Waals surface area contributed by atoms with Crippen molar-refractivity contribution in [3.05, 3.63) is 58.7 Å². The van der Waals surface area contributed by atoms with E-state index in [1.54, 1.807) is 13.8 Å². The molecule has 2 amide bonds. The van der Waals surface area contributed by atoms with E-state index in [0.717, 1.165) is 35.1 Å². The monoisotopic (exact) mass is 616 g/mol. The van der Waals surface area contributed by atoms with Crippen LogP contribution >= 0.6 is 0 Å². The molecule has 0 N–H and O–H groups in total. The van der Waals surface area contributed by atoms with E-state index in [1.165, 1.54) is 6.92 Å². The maximum atomic E-state index is 13.4. The minimum absolute atomic E-state index is 0.0203. The summed E-state index contributed by atoms with van der Waals surface area (Å²) in [6.45, 7) is 4.24. The van der Waals surface area contributed by atoms with Gasteiger partial charge in [0.1, 0.15) is 11.9 Å². The van der Waals surface area contributed by atoms with E-state index in [9.17, 15) is 49.1 Å². The van der Waals surface area contributed by atoms with Crippen molar-refractivity contribution >= 4 is 17.9 Å². The number of rotatable bonds is 7. The largest absolute Gasteiger partial charge is 0.573 e. The lowest BCUT2D eigenvalue weighted by Gasteiger charge is -2.28. The molecule has 3 rings (SSSR count). The molecule has 1 heterocycles. The van der Waals surface area contributed by atoms with Gasteiger partial charge in [0.2, 0.25) is 0 Å². The van der Waals surface area contributed by atoms with Crippen molar-refractivity contribution in [2.45, 2.75) is 58.2 Å². The molecular weight excluding hydrogens is 591 g/mol. The topological polar surface area (TPSA) is 68.3 Å². The van der Waals surface area contributed by atoms with E-state index in [1.807, 2.05) is 0 Å². The van der Waals surface area contributed by atoms with Gasteiger partial charge in [-0.25, -0.2) is 9.59 Å². The summed E-state index contributed by atoms with van der Waals surface area (Å²) in [6.07, 6.45) is -19.0. The second kappa shape index (κ2) is 11.8. The number of benzene rings is 2. The highest BCUT2D eigenvalue weighted by Crippen LogP contribution is 2.42. The Balaban J connectivity index is 2.06. The van der Waals surface area contributed by atoms with Gasteiger partial charge in [0, 0.05) is 6.54 Å². The SMILES string of the molecule is COC(=O)N(CC(C)C)c1ccc(OC(F)(F)F)cc1CN1C(=O)O[C@H](c2cc(C(F)(F)F)cc(C(F)(F)F)c2)[C@@H]1C. The third-order valence-electron chi connectivity index (χ3n) is 6.19. The molecule has 0 aromatic heterocycles. The van der Waals surface area contributed by atoms with E-state index in [2.05, 4.69) is 4.74 Å². The van der Waals surface area contributed by atoms with Gasteiger partial charge in [-0.15, -0.1) is 13.2 Å². The number of hydrogen-bond acceptors (Lipinski definition) is 5. The highest BCUT2D eigenvalue weighted by molar-refractivity contribution is 5.89. The molecule has 232 valence electrons. The number of halogens is 9. The number of methoxy groups -OCH3 is 1. The zero-order valence-corrected chi connectivity index (χ0v) is 22.4. The molecule has 0 spiro atoms. The molecule has 2 aromatic carbocycles. The van der Waals surface area contributed by atoms with Crippen LogP contribution in [0.5, 0.6) is 5.75 Å². The van der Waals surface area contributed by atoms with Crippen LogP contribution in [0.25, 0.3) is 0 Å². The molecule has 2 atom stereocenters. The molecular formula is C26H25F9N2O5. The normalized spacial score (nSPS) is 17.9. The Hall–Kier alpha value is -3.85. The minimum atomic E-state index is -5.15. The van der Waals surface area contributed by atoms with Crippen molar-refractivity contribution in [2.24, 2.45) is 5.92 Å². The first kappa shape index (κ1) is 32.7. The van der Waals surface area contributed by atoms with Crippen LogP contribution in [-0.2, 0) is 28.4 Å². The summed E-state index contributed by atoms with van der Waals surface area (Å²) in [4.78, 5) is 27.4. The first-order valence-corrected chi connectivity index (χ1v) is 12.2. The van der Waals surface area contributed by atoms with Gasteiger partial charge in [-0.3, -0.25) is 9.80 Å². The van der Waals surface area contributed by atoms with Gasteiger partial charge in [0.25, 0.3) is 0 Å². The molecule has 7 nitrogen and oxygen atoms in total. The molecule has 0 bridgehead atoms. The molecule has 1 fully saturated rings. The summed E-state index contributed by atoms with van der Waals surface area (Å²) < 4.78 is 133. The van der Waals surface area contributed by atoms with E-state index in [0.29, 0.717) is 12.1 Å². The lowest BCUT2D eigenvalue weighted by atomic mass is 9.97. The maximum absolute atomic E-state index is 13.4. The number of alkyl halides is 9. The van der Waals surface area contributed by atoms with Crippen LogP contribution in [0.15, 0.2) is 36.4 Å². The number of ether oxygens (including phenoxy) is 3.